The first-order chi connectivity index (χ1) is 8.34. The zero-order valence-electron chi connectivity index (χ0n) is 10.3. The summed E-state index contributed by atoms with van der Waals surface area (Å²) in [5, 5.41) is 6.36. The van der Waals surface area contributed by atoms with Crippen LogP contribution in [-0.2, 0) is 0 Å². The number of rotatable bonds is 3. The number of fused-ring (bicyclic) bond motifs is 1. The van der Waals surface area contributed by atoms with Crippen molar-refractivity contribution in [3.8, 4) is 0 Å². The van der Waals surface area contributed by atoms with Crippen LogP contribution in [0.1, 0.15) is 12.8 Å². The molecule has 5 heteroatoms. The van der Waals surface area contributed by atoms with Gasteiger partial charge in [0.2, 0.25) is 0 Å². The van der Waals surface area contributed by atoms with Crippen molar-refractivity contribution in [2.45, 2.75) is 18.9 Å². The Kier molecular flexibility index (Phi) is 3.20. The van der Waals surface area contributed by atoms with Crippen LogP contribution in [0.2, 0.25) is 0 Å². The van der Waals surface area contributed by atoms with Gasteiger partial charge < -0.3 is 15.5 Å². The summed E-state index contributed by atoms with van der Waals surface area (Å²) in [6, 6.07) is 0.831. The van der Waals surface area contributed by atoms with Gasteiger partial charge in [-0.05, 0) is 31.8 Å². The lowest BCUT2D eigenvalue weighted by molar-refractivity contribution is 0.115. The van der Waals surface area contributed by atoms with Gasteiger partial charge in [0, 0.05) is 38.8 Å². The van der Waals surface area contributed by atoms with E-state index in [2.05, 4.69) is 15.5 Å². The first kappa shape index (κ1) is 11.3. The van der Waals surface area contributed by atoms with Gasteiger partial charge in [0.25, 0.3) is 0 Å². The smallest absolute Gasteiger partial charge is 0.317 e. The molecule has 0 aromatic heterocycles. The number of nitrogens with zero attached hydrogens (tertiary/aromatic N) is 2. The van der Waals surface area contributed by atoms with Crippen LogP contribution < -0.4 is 10.6 Å². The number of nitrogens with one attached hydrogen (secondary N) is 2. The molecule has 96 valence electrons. The van der Waals surface area contributed by atoms with Crippen molar-refractivity contribution in [3.63, 3.8) is 0 Å². The molecule has 2 unspecified atom stereocenters. The SMILES string of the molecule is O=C1NCCN1CCN1CCCC2CNCC21. The van der Waals surface area contributed by atoms with Crippen LogP contribution in [0.15, 0.2) is 0 Å². The van der Waals surface area contributed by atoms with Gasteiger partial charge in [-0.3, -0.25) is 4.90 Å². The van der Waals surface area contributed by atoms with E-state index in [9.17, 15) is 4.79 Å². The second kappa shape index (κ2) is 4.82. The van der Waals surface area contributed by atoms with E-state index in [4.69, 9.17) is 0 Å². The topological polar surface area (TPSA) is 47.6 Å². The van der Waals surface area contributed by atoms with E-state index in [1.54, 1.807) is 0 Å². The Bertz CT molecular complexity index is 296. The summed E-state index contributed by atoms with van der Waals surface area (Å²) < 4.78 is 0. The van der Waals surface area contributed by atoms with Crippen LogP contribution in [0.4, 0.5) is 4.79 Å². The van der Waals surface area contributed by atoms with Crippen molar-refractivity contribution >= 4 is 6.03 Å². The molecule has 2 amide bonds. The minimum absolute atomic E-state index is 0.114. The van der Waals surface area contributed by atoms with E-state index in [0.717, 1.165) is 44.7 Å². The Morgan fingerprint density at radius 2 is 2.18 bits per heavy atom. The number of hydrogen-bond acceptors (Lipinski definition) is 3. The van der Waals surface area contributed by atoms with E-state index in [1.165, 1.54) is 25.9 Å². The standard InChI is InChI=1S/C12H22N4O/c17-12-14-3-5-16(12)7-6-15-4-1-2-10-8-13-9-11(10)15/h10-11,13H,1-9H2,(H,14,17). The van der Waals surface area contributed by atoms with Crippen LogP contribution in [0.25, 0.3) is 0 Å². The van der Waals surface area contributed by atoms with Gasteiger partial charge in [-0.15, -0.1) is 0 Å². The quantitative estimate of drug-likeness (QED) is 0.709. The Morgan fingerprint density at radius 3 is 3.00 bits per heavy atom. The molecule has 0 spiro atoms. The average Bonchev–Trinajstić information content (AvgIpc) is 2.95. The van der Waals surface area contributed by atoms with E-state index in [1.807, 2.05) is 4.90 Å². The molecule has 2 atom stereocenters. The summed E-state index contributed by atoms with van der Waals surface area (Å²) in [7, 11) is 0. The van der Waals surface area contributed by atoms with E-state index >= 15 is 0 Å². The van der Waals surface area contributed by atoms with E-state index in [0.29, 0.717) is 0 Å². The minimum atomic E-state index is 0.114. The molecule has 17 heavy (non-hydrogen) atoms. The zero-order valence-corrected chi connectivity index (χ0v) is 10.3. The summed E-state index contributed by atoms with van der Waals surface area (Å²) in [5.41, 5.74) is 0. The van der Waals surface area contributed by atoms with Crippen molar-refractivity contribution in [2.24, 2.45) is 5.92 Å². The number of carbonyl (C=O) groups is 1. The Labute approximate surface area is 103 Å². The van der Waals surface area contributed by atoms with Gasteiger partial charge in [0.05, 0.1) is 0 Å². The van der Waals surface area contributed by atoms with Crippen LogP contribution in [0.3, 0.4) is 0 Å². The van der Waals surface area contributed by atoms with Gasteiger partial charge in [0.1, 0.15) is 0 Å². The third-order valence-corrected chi connectivity index (χ3v) is 4.40. The molecule has 0 saturated carbocycles. The van der Waals surface area contributed by atoms with Crippen LogP contribution in [0.5, 0.6) is 0 Å². The van der Waals surface area contributed by atoms with Gasteiger partial charge in [-0.1, -0.05) is 0 Å². The number of urea groups is 1. The molecular weight excluding hydrogens is 216 g/mol. The lowest BCUT2D eigenvalue weighted by Gasteiger charge is -2.37. The number of carbonyl (C=O) groups excluding carboxylic acids is 1. The van der Waals surface area contributed by atoms with Crippen molar-refractivity contribution in [2.75, 3.05) is 45.8 Å². The van der Waals surface area contributed by atoms with E-state index < -0.39 is 0 Å². The van der Waals surface area contributed by atoms with Crippen molar-refractivity contribution in [1.82, 2.24) is 20.4 Å². The van der Waals surface area contributed by atoms with Crippen molar-refractivity contribution < 1.29 is 4.79 Å². The van der Waals surface area contributed by atoms with Crippen LogP contribution in [0, 0.1) is 5.92 Å². The number of likely N-dealkylation sites (tertiary alicyclic amines) is 1. The highest BCUT2D eigenvalue weighted by molar-refractivity contribution is 5.76. The third-order valence-electron chi connectivity index (χ3n) is 4.40. The number of hydrogen-bond donors (Lipinski definition) is 2. The molecule has 5 nitrogen and oxygen atoms in total. The lowest BCUT2D eigenvalue weighted by atomic mass is 9.92. The molecule has 0 aliphatic carbocycles. The maximum atomic E-state index is 11.5. The molecule has 0 radical (unpaired) electrons. The molecular formula is C12H22N4O. The van der Waals surface area contributed by atoms with Crippen molar-refractivity contribution in [1.29, 1.82) is 0 Å². The first-order valence-electron chi connectivity index (χ1n) is 6.82. The Morgan fingerprint density at radius 1 is 1.24 bits per heavy atom. The molecule has 3 aliphatic heterocycles. The van der Waals surface area contributed by atoms with Gasteiger partial charge in [0.15, 0.2) is 0 Å². The molecule has 3 aliphatic rings. The van der Waals surface area contributed by atoms with Crippen LogP contribution >= 0.6 is 0 Å². The van der Waals surface area contributed by atoms with Gasteiger partial charge in [-0.2, -0.15) is 0 Å². The average molecular weight is 238 g/mol. The normalized spacial score (nSPS) is 33.9. The lowest BCUT2D eigenvalue weighted by Crippen LogP contribution is -2.48. The summed E-state index contributed by atoms with van der Waals surface area (Å²) >= 11 is 0. The Balaban J connectivity index is 1.52. The fourth-order valence-corrected chi connectivity index (χ4v) is 3.41. The minimum Gasteiger partial charge on any atom is -0.336 e. The molecule has 0 aromatic rings. The molecule has 0 bridgehead atoms. The predicted octanol–water partition coefficient (Wildman–Crippen LogP) is -0.305. The molecule has 3 fully saturated rings. The zero-order chi connectivity index (χ0) is 11.7. The Hall–Kier alpha value is -0.810. The highest BCUT2D eigenvalue weighted by Crippen LogP contribution is 2.26. The van der Waals surface area contributed by atoms with Gasteiger partial charge in [-0.25, -0.2) is 4.79 Å². The summed E-state index contributed by atoms with van der Waals surface area (Å²) in [5.74, 6) is 0.844. The number of piperidine rings is 1. The van der Waals surface area contributed by atoms with E-state index in [-0.39, 0.29) is 6.03 Å². The van der Waals surface area contributed by atoms with Gasteiger partial charge >= 0.3 is 6.03 Å². The second-order valence-corrected chi connectivity index (χ2v) is 5.38. The molecule has 3 rings (SSSR count). The summed E-state index contributed by atoms with van der Waals surface area (Å²) in [4.78, 5) is 16.0. The first-order valence-corrected chi connectivity index (χ1v) is 6.82. The molecule has 0 aromatic carbocycles. The monoisotopic (exact) mass is 238 g/mol. The maximum Gasteiger partial charge on any atom is 0.317 e. The highest BCUT2D eigenvalue weighted by atomic mass is 16.2. The fourth-order valence-electron chi connectivity index (χ4n) is 3.41. The fraction of sp³-hybridized carbons (Fsp3) is 0.917. The molecule has 3 saturated heterocycles. The maximum absolute atomic E-state index is 11.5. The number of amides is 2. The van der Waals surface area contributed by atoms with Crippen LogP contribution in [-0.4, -0.2) is 67.7 Å². The second-order valence-electron chi connectivity index (χ2n) is 5.38. The molecule has 3 heterocycles. The van der Waals surface area contributed by atoms with Crippen molar-refractivity contribution in [3.05, 3.63) is 0 Å². The predicted molar refractivity (Wildman–Crippen MR) is 65.9 cm³/mol. The summed E-state index contributed by atoms with van der Waals surface area (Å²) in [6.07, 6.45) is 2.69. The summed E-state index contributed by atoms with van der Waals surface area (Å²) in [6.45, 7) is 7.14. The largest absolute Gasteiger partial charge is 0.336 e. The third kappa shape index (κ3) is 2.26. The molecule has 2 N–H and O–H groups in total. The highest BCUT2D eigenvalue weighted by Gasteiger charge is 2.35.